The van der Waals surface area contributed by atoms with E-state index in [1.807, 2.05) is 0 Å². The Hall–Kier alpha value is 0.177. The molecule has 1 heterocycles. The predicted molar refractivity (Wildman–Crippen MR) is 26.7 cm³/mol. The minimum atomic E-state index is 0. The molecule has 0 aromatic carbocycles. The van der Waals surface area contributed by atoms with Gasteiger partial charge in [0, 0.05) is 0 Å². The van der Waals surface area contributed by atoms with E-state index in [9.17, 15) is 0 Å². The Morgan fingerprint density at radius 2 is 2.00 bits per heavy atom. The predicted octanol–water partition coefficient (Wildman–Crippen LogP) is -1.05. The maximum atomic E-state index is 4.71. The van der Waals surface area contributed by atoms with Gasteiger partial charge in [0.2, 0.25) is 0 Å². The largest absolute Gasteiger partial charge is 0.373 e. The third-order valence-electron chi connectivity index (χ3n) is 0.500. The van der Waals surface area contributed by atoms with Gasteiger partial charge in [-0.15, -0.1) is 0 Å². The lowest BCUT2D eigenvalue weighted by atomic mass is 10.6. The molecule has 0 aromatic heterocycles. The summed E-state index contributed by atoms with van der Waals surface area (Å²) >= 11 is 0. The third-order valence-corrected chi connectivity index (χ3v) is 0.500. The monoisotopic (exact) mass is 90.1 g/mol. The molecule has 0 N–H and O–H groups in total. The Morgan fingerprint density at radius 3 is 2.00 bits per heavy atom. The highest BCUT2D eigenvalue weighted by atomic mass is 28.1. The van der Waals surface area contributed by atoms with Crippen molar-refractivity contribution in [1.82, 2.24) is 0 Å². The first-order valence-corrected chi connectivity index (χ1v) is 1.51. The van der Waals surface area contributed by atoms with E-state index in [4.69, 9.17) is 4.74 Å². The molecule has 2 heteroatoms. The molecule has 1 atom stereocenters. The first kappa shape index (κ1) is 5.18. The molecule has 0 amide bonds. The Bertz CT molecular complexity index is 26.1. The van der Waals surface area contributed by atoms with Crippen LogP contribution in [0.1, 0.15) is 6.92 Å². The number of epoxide rings is 1. The zero-order valence-corrected chi connectivity index (χ0v) is 2.69. The summed E-state index contributed by atoms with van der Waals surface area (Å²) < 4.78 is 4.71. The molecule has 1 unspecified atom stereocenters. The van der Waals surface area contributed by atoms with Gasteiger partial charge in [-0.2, -0.15) is 0 Å². The lowest BCUT2D eigenvalue weighted by Gasteiger charge is -1.50. The van der Waals surface area contributed by atoms with Gasteiger partial charge in [-0.25, -0.2) is 0 Å². The lowest BCUT2D eigenvalue weighted by molar-refractivity contribution is 0.423. The van der Waals surface area contributed by atoms with E-state index in [0.29, 0.717) is 6.10 Å². The second-order valence-electron chi connectivity index (χ2n) is 1.14. The van der Waals surface area contributed by atoms with Crippen LogP contribution < -0.4 is 0 Å². The quantitative estimate of drug-likeness (QED) is 0.273. The van der Waals surface area contributed by atoms with Gasteiger partial charge in [-0.05, 0) is 17.9 Å². The number of ether oxygens (including phenoxy) is 1. The van der Waals surface area contributed by atoms with Gasteiger partial charge in [-0.3, -0.25) is 0 Å². The molecule has 0 radical (unpaired) electrons. The van der Waals surface area contributed by atoms with Crippen LogP contribution in [-0.2, 0) is 4.74 Å². The van der Waals surface area contributed by atoms with E-state index in [1.165, 1.54) is 0 Å². The zero-order chi connectivity index (χ0) is 2.99. The molecule has 0 spiro atoms. The van der Waals surface area contributed by atoms with Gasteiger partial charge in [0.15, 0.2) is 0 Å². The molecule has 0 bridgehead atoms. The molecule has 32 valence electrons. The average molecular weight is 90.2 g/mol. The van der Waals surface area contributed by atoms with Crippen LogP contribution in [0, 0.1) is 0 Å². The van der Waals surface area contributed by atoms with Crippen molar-refractivity contribution in [3.05, 3.63) is 0 Å². The van der Waals surface area contributed by atoms with E-state index < -0.39 is 0 Å². The van der Waals surface area contributed by atoms with E-state index >= 15 is 0 Å². The average Bonchev–Trinajstić information content (AvgIpc) is 1.75. The van der Waals surface area contributed by atoms with Crippen molar-refractivity contribution >= 4 is 11.0 Å². The summed E-state index contributed by atoms with van der Waals surface area (Å²) in [6.07, 6.45) is 0.583. The normalized spacial score (nSPS) is 31.8. The minimum Gasteiger partial charge on any atom is -0.373 e. The van der Waals surface area contributed by atoms with Crippen molar-refractivity contribution < 1.29 is 4.74 Å². The maximum absolute atomic E-state index is 4.71. The highest BCUT2D eigenvalue weighted by Gasteiger charge is 2.13. The molecule has 1 rings (SSSR count). The van der Waals surface area contributed by atoms with Crippen molar-refractivity contribution in [2.45, 2.75) is 13.0 Å². The molecule has 0 aromatic rings. The van der Waals surface area contributed by atoms with Crippen LogP contribution in [0.15, 0.2) is 0 Å². The van der Waals surface area contributed by atoms with Crippen molar-refractivity contribution in [2.24, 2.45) is 0 Å². The Labute approximate surface area is 36.4 Å². The van der Waals surface area contributed by atoms with Gasteiger partial charge in [0.05, 0.1) is 12.7 Å². The van der Waals surface area contributed by atoms with Gasteiger partial charge >= 0.3 is 0 Å². The van der Waals surface area contributed by atoms with E-state index in [1.54, 1.807) is 0 Å². The summed E-state index contributed by atoms with van der Waals surface area (Å²) in [6.45, 7) is 3.04. The summed E-state index contributed by atoms with van der Waals surface area (Å²) in [6, 6.07) is 0. The Morgan fingerprint density at radius 1 is 1.80 bits per heavy atom. The van der Waals surface area contributed by atoms with Gasteiger partial charge in [-0.1, -0.05) is 0 Å². The molecule has 1 aliphatic rings. The van der Waals surface area contributed by atoms with E-state index in [-0.39, 0.29) is 11.0 Å². The Balaban J connectivity index is 0.000000160. The Kier molecular flexibility index (Phi) is 1.63. The molecule has 1 fully saturated rings. The standard InChI is InChI=1S/C3H6O.H4Si/c1-3-2-4-3;/h3H,2H2,1H3;1H4. The summed E-state index contributed by atoms with van der Waals surface area (Å²) in [5.74, 6) is 0. The molecule has 1 saturated heterocycles. The van der Waals surface area contributed by atoms with Crippen LogP contribution in [0.3, 0.4) is 0 Å². The highest BCUT2D eigenvalue weighted by Crippen LogP contribution is 2.04. The summed E-state index contributed by atoms with van der Waals surface area (Å²) in [5, 5.41) is 0. The molecule has 1 aliphatic heterocycles. The fourth-order valence-corrected chi connectivity index (χ4v) is 0.0962. The number of rotatable bonds is 0. The molecule has 0 aliphatic carbocycles. The van der Waals surface area contributed by atoms with Gasteiger partial charge in [0.25, 0.3) is 0 Å². The first-order chi connectivity index (χ1) is 1.89. The van der Waals surface area contributed by atoms with E-state index in [0.717, 1.165) is 6.61 Å². The smallest absolute Gasteiger partial charge is 0.0781 e. The highest BCUT2D eigenvalue weighted by molar-refractivity contribution is 5.75. The second-order valence-corrected chi connectivity index (χ2v) is 1.14. The maximum Gasteiger partial charge on any atom is 0.0781 e. The number of hydrogen-bond donors (Lipinski definition) is 0. The third kappa shape index (κ3) is 1.96. The topological polar surface area (TPSA) is 12.5 Å². The minimum absolute atomic E-state index is 0. The van der Waals surface area contributed by atoms with E-state index in [2.05, 4.69) is 6.92 Å². The van der Waals surface area contributed by atoms with Crippen molar-refractivity contribution in [2.75, 3.05) is 6.61 Å². The van der Waals surface area contributed by atoms with Crippen LogP contribution in [0.5, 0.6) is 0 Å². The van der Waals surface area contributed by atoms with Crippen LogP contribution in [0.2, 0.25) is 0 Å². The molecular weight excluding hydrogens is 80.1 g/mol. The fourth-order valence-electron chi connectivity index (χ4n) is 0.0962. The van der Waals surface area contributed by atoms with Crippen molar-refractivity contribution in [3.63, 3.8) is 0 Å². The van der Waals surface area contributed by atoms with Gasteiger partial charge in [0.1, 0.15) is 0 Å². The van der Waals surface area contributed by atoms with Crippen LogP contribution in [0.25, 0.3) is 0 Å². The van der Waals surface area contributed by atoms with Gasteiger partial charge < -0.3 is 4.74 Å². The SMILES string of the molecule is CC1CO1.[SiH4]. The summed E-state index contributed by atoms with van der Waals surface area (Å²) in [7, 11) is 0. The second kappa shape index (κ2) is 1.57. The first-order valence-electron chi connectivity index (χ1n) is 1.51. The van der Waals surface area contributed by atoms with Crippen LogP contribution >= 0.6 is 0 Å². The van der Waals surface area contributed by atoms with Crippen LogP contribution in [-0.4, -0.2) is 23.7 Å². The summed E-state index contributed by atoms with van der Waals surface area (Å²) in [5.41, 5.74) is 0. The van der Waals surface area contributed by atoms with Crippen molar-refractivity contribution in [1.29, 1.82) is 0 Å². The molecule has 5 heavy (non-hydrogen) atoms. The number of hydrogen-bond acceptors (Lipinski definition) is 1. The fraction of sp³-hybridized carbons (Fsp3) is 1.00. The van der Waals surface area contributed by atoms with Crippen molar-refractivity contribution in [3.8, 4) is 0 Å². The zero-order valence-electron chi connectivity index (χ0n) is 2.69. The molecule has 0 saturated carbocycles. The molecular formula is C3H10OSi. The lowest BCUT2D eigenvalue weighted by Crippen LogP contribution is -1.60. The molecule has 1 nitrogen and oxygen atoms in total. The summed E-state index contributed by atoms with van der Waals surface area (Å²) in [4.78, 5) is 0. The van der Waals surface area contributed by atoms with Crippen LogP contribution in [0.4, 0.5) is 0 Å².